The summed E-state index contributed by atoms with van der Waals surface area (Å²) in [7, 11) is -3.58. The number of rotatable bonds is 3. The molecule has 0 heterocycles. The number of hydrogen-bond acceptors (Lipinski definition) is 3. The van der Waals surface area contributed by atoms with E-state index in [0.717, 1.165) is 6.26 Å². The molecule has 1 atom stereocenters. The molecule has 1 rings (SSSR count). The van der Waals surface area contributed by atoms with Gasteiger partial charge in [0.25, 0.3) is 16.0 Å². The Hall–Kier alpha value is -0.230. The molecule has 1 saturated carbocycles. The van der Waals surface area contributed by atoms with Gasteiger partial charge in [-0.1, -0.05) is 0 Å². The average Bonchev–Trinajstić information content (AvgIpc) is 1.83. The Bertz CT molecular complexity index is 260. The van der Waals surface area contributed by atoms with Gasteiger partial charge in [0.1, 0.15) is 0 Å². The summed E-state index contributed by atoms with van der Waals surface area (Å²) in [5, 5.41) is 0. The lowest BCUT2D eigenvalue weighted by atomic mass is 9.81. The highest BCUT2D eigenvalue weighted by atomic mass is 32.2. The maximum atomic E-state index is 12.5. The summed E-state index contributed by atoms with van der Waals surface area (Å²) in [6, 6.07) is 0. The number of halogens is 2. The van der Waals surface area contributed by atoms with E-state index in [9.17, 15) is 17.2 Å². The molecule has 0 aromatic rings. The first kappa shape index (κ1) is 9.85. The summed E-state index contributed by atoms with van der Waals surface area (Å²) in [5.74, 6) is -3.66. The Morgan fingerprint density at radius 1 is 1.58 bits per heavy atom. The average molecular weight is 200 g/mol. The van der Waals surface area contributed by atoms with E-state index in [1.807, 2.05) is 0 Å². The smallest absolute Gasteiger partial charge is 0.264 e. The summed E-state index contributed by atoms with van der Waals surface area (Å²) in [5.41, 5.74) is 0. The molecule has 0 saturated heterocycles. The molecule has 1 aliphatic rings. The molecule has 72 valence electrons. The Balaban J connectivity index is 2.35. The first-order chi connectivity index (χ1) is 5.31. The van der Waals surface area contributed by atoms with Gasteiger partial charge < -0.3 is 0 Å². The minimum atomic E-state index is -3.58. The van der Waals surface area contributed by atoms with Crippen molar-refractivity contribution in [2.24, 2.45) is 5.92 Å². The van der Waals surface area contributed by atoms with Gasteiger partial charge in [-0.3, -0.25) is 4.18 Å². The van der Waals surface area contributed by atoms with Gasteiger partial charge in [-0.2, -0.15) is 8.42 Å². The second-order valence-corrected chi connectivity index (χ2v) is 4.63. The molecule has 1 fully saturated rings. The third-order valence-electron chi connectivity index (χ3n) is 1.91. The maximum Gasteiger partial charge on any atom is 0.264 e. The van der Waals surface area contributed by atoms with Crippen LogP contribution in [0.4, 0.5) is 8.78 Å². The summed E-state index contributed by atoms with van der Waals surface area (Å²) >= 11 is 0. The molecular formula is C6H10F2O3S. The van der Waals surface area contributed by atoms with Gasteiger partial charge in [0.05, 0.1) is 12.9 Å². The van der Waals surface area contributed by atoms with Crippen LogP contribution in [0, 0.1) is 5.92 Å². The van der Waals surface area contributed by atoms with Gasteiger partial charge in [-0.25, -0.2) is 8.78 Å². The van der Waals surface area contributed by atoms with Crippen molar-refractivity contribution in [3.05, 3.63) is 0 Å². The second kappa shape index (κ2) is 2.92. The molecule has 0 radical (unpaired) electrons. The quantitative estimate of drug-likeness (QED) is 0.638. The molecular weight excluding hydrogens is 190 g/mol. The SMILES string of the molecule is CS(=O)(=O)OCC1CCC1(F)F. The van der Waals surface area contributed by atoms with Crippen LogP contribution < -0.4 is 0 Å². The van der Waals surface area contributed by atoms with Crippen LogP contribution in [0.3, 0.4) is 0 Å². The molecule has 0 aromatic carbocycles. The first-order valence-corrected chi connectivity index (χ1v) is 5.35. The van der Waals surface area contributed by atoms with E-state index in [2.05, 4.69) is 4.18 Å². The topological polar surface area (TPSA) is 43.4 Å². The predicted octanol–water partition coefficient (Wildman–Crippen LogP) is 1.01. The van der Waals surface area contributed by atoms with Crippen molar-refractivity contribution < 1.29 is 21.4 Å². The molecule has 6 heteroatoms. The first-order valence-electron chi connectivity index (χ1n) is 3.53. The monoisotopic (exact) mass is 200 g/mol. The van der Waals surface area contributed by atoms with Crippen molar-refractivity contribution >= 4 is 10.1 Å². The fraction of sp³-hybridized carbons (Fsp3) is 1.00. The fourth-order valence-corrected chi connectivity index (χ4v) is 1.39. The van der Waals surface area contributed by atoms with Crippen LogP contribution in [-0.4, -0.2) is 27.2 Å². The molecule has 1 aliphatic carbocycles. The van der Waals surface area contributed by atoms with Gasteiger partial charge in [-0.05, 0) is 6.42 Å². The van der Waals surface area contributed by atoms with Crippen LogP contribution in [0.5, 0.6) is 0 Å². The van der Waals surface area contributed by atoms with Crippen molar-refractivity contribution in [2.75, 3.05) is 12.9 Å². The molecule has 0 aliphatic heterocycles. The van der Waals surface area contributed by atoms with Gasteiger partial charge in [0.2, 0.25) is 0 Å². The van der Waals surface area contributed by atoms with Crippen LogP contribution in [0.2, 0.25) is 0 Å². The Morgan fingerprint density at radius 2 is 2.17 bits per heavy atom. The van der Waals surface area contributed by atoms with Crippen LogP contribution in [0.25, 0.3) is 0 Å². The molecule has 12 heavy (non-hydrogen) atoms. The van der Waals surface area contributed by atoms with Gasteiger partial charge in [0.15, 0.2) is 0 Å². The molecule has 0 spiro atoms. The molecule has 0 amide bonds. The molecule has 1 unspecified atom stereocenters. The van der Waals surface area contributed by atoms with E-state index in [0.29, 0.717) is 6.42 Å². The Kier molecular flexibility index (Phi) is 2.40. The molecule has 3 nitrogen and oxygen atoms in total. The molecule has 0 bridgehead atoms. The van der Waals surface area contributed by atoms with Crippen molar-refractivity contribution in [1.29, 1.82) is 0 Å². The highest BCUT2D eigenvalue weighted by Crippen LogP contribution is 2.43. The van der Waals surface area contributed by atoms with E-state index in [-0.39, 0.29) is 6.42 Å². The van der Waals surface area contributed by atoms with Crippen molar-refractivity contribution in [3.63, 3.8) is 0 Å². The van der Waals surface area contributed by atoms with Crippen LogP contribution in [-0.2, 0) is 14.3 Å². The van der Waals surface area contributed by atoms with Crippen LogP contribution in [0.15, 0.2) is 0 Å². The lowest BCUT2D eigenvalue weighted by Crippen LogP contribution is -2.41. The van der Waals surface area contributed by atoms with Crippen LogP contribution in [0.1, 0.15) is 12.8 Å². The summed E-state index contributed by atoms with van der Waals surface area (Å²) in [4.78, 5) is 0. The lowest BCUT2D eigenvalue weighted by molar-refractivity contribution is -0.142. The van der Waals surface area contributed by atoms with Crippen molar-refractivity contribution in [3.8, 4) is 0 Å². The Morgan fingerprint density at radius 3 is 2.42 bits per heavy atom. The normalized spacial score (nSPS) is 28.1. The van der Waals surface area contributed by atoms with Crippen molar-refractivity contribution in [1.82, 2.24) is 0 Å². The van der Waals surface area contributed by atoms with E-state index >= 15 is 0 Å². The third-order valence-corrected chi connectivity index (χ3v) is 2.47. The van der Waals surface area contributed by atoms with E-state index < -0.39 is 28.6 Å². The van der Waals surface area contributed by atoms with E-state index in [4.69, 9.17) is 0 Å². The summed E-state index contributed by atoms with van der Waals surface area (Å²) in [6.45, 7) is -0.397. The third kappa shape index (κ3) is 2.38. The van der Waals surface area contributed by atoms with Gasteiger partial charge in [-0.15, -0.1) is 0 Å². The van der Waals surface area contributed by atoms with Gasteiger partial charge >= 0.3 is 0 Å². The highest BCUT2D eigenvalue weighted by molar-refractivity contribution is 7.85. The van der Waals surface area contributed by atoms with E-state index in [1.165, 1.54) is 0 Å². The Labute approximate surface area is 69.8 Å². The summed E-state index contributed by atoms with van der Waals surface area (Å²) in [6.07, 6.45) is 1.02. The number of hydrogen-bond donors (Lipinski definition) is 0. The van der Waals surface area contributed by atoms with Crippen molar-refractivity contribution in [2.45, 2.75) is 18.8 Å². The minimum Gasteiger partial charge on any atom is -0.270 e. The largest absolute Gasteiger partial charge is 0.270 e. The summed E-state index contributed by atoms with van der Waals surface area (Å²) < 4.78 is 50.1. The molecule has 0 N–H and O–H groups in total. The fourth-order valence-electron chi connectivity index (χ4n) is 0.978. The zero-order chi connectivity index (χ0) is 9.41. The highest BCUT2D eigenvalue weighted by Gasteiger charge is 2.48. The predicted molar refractivity (Wildman–Crippen MR) is 38.5 cm³/mol. The zero-order valence-electron chi connectivity index (χ0n) is 6.59. The van der Waals surface area contributed by atoms with Gasteiger partial charge in [0, 0.05) is 12.3 Å². The van der Waals surface area contributed by atoms with Crippen LogP contribution >= 0.6 is 0 Å². The lowest BCUT2D eigenvalue weighted by Gasteiger charge is -2.35. The number of alkyl halides is 2. The van der Waals surface area contributed by atoms with E-state index in [1.54, 1.807) is 0 Å². The maximum absolute atomic E-state index is 12.5. The second-order valence-electron chi connectivity index (χ2n) is 2.99. The standard InChI is InChI=1S/C6H10F2O3S/c1-12(9,10)11-4-5-2-3-6(5,7)8/h5H,2-4H2,1H3. The molecule has 0 aromatic heterocycles. The zero-order valence-corrected chi connectivity index (χ0v) is 7.40. The minimum absolute atomic E-state index is 0.162.